The lowest BCUT2D eigenvalue weighted by molar-refractivity contribution is -1.12. The van der Waals surface area contributed by atoms with E-state index >= 15 is 0 Å². The fraction of sp³-hybridized carbons (Fsp3) is 0.417. The molecule has 1 saturated heterocycles. The fourth-order valence-corrected chi connectivity index (χ4v) is 1.98. The topological polar surface area (TPSA) is 118 Å². The second-order valence-electron chi connectivity index (χ2n) is 4.59. The number of rotatable bonds is 5. The molecule has 0 aromatic rings. The van der Waals surface area contributed by atoms with Crippen molar-refractivity contribution >= 4 is 29.6 Å². The number of amides is 4. The highest BCUT2D eigenvalue weighted by atomic mass is 17.0. The Labute approximate surface area is 118 Å². The Hall–Kier alpha value is -2.39. The van der Waals surface area contributed by atoms with E-state index in [4.69, 9.17) is 0 Å². The van der Waals surface area contributed by atoms with Crippen molar-refractivity contribution in [3.63, 3.8) is 0 Å². The first-order chi connectivity index (χ1) is 9.84. The lowest BCUT2D eigenvalue weighted by Crippen LogP contribution is -2.50. The fourth-order valence-electron chi connectivity index (χ4n) is 1.98. The maximum absolute atomic E-state index is 11.5. The molecule has 2 heterocycles. The largest absolute Gasteiger partial charge is 0.397 e. The Morgan fingerprint density at radius 2 is 1.67 bits per heavy atom. The zero-order valence-corrected chi connectivity index (χ0v) is 11.0. The van der Waals surface area contributed by atoms with Crippen LogP contribution in [0.15, 0.2) is 12.2 Å². The molecule has 0 spiro atoms. The molecule has 1 fully saturated rings. The van der Waals surface area contributed by atoms with Crippen LogP contribution in [0.2, 0.25) is 0 Å². The van der Waals surface area contributed by atoms with Gasteiger partial charge in [-0.05, 0) is 6.42 Å². The molecule has 0 saturated carbocycles. The molecular weight excluding hydrogens is 284 g/mol. The molecule has 0 radical (unpaired) electrons. The van der Waals surface area contributed by atoms with Crippen LogP contribution in [0.3, 0.4) is 0 Å². The summed E-state index contributed by atoms with van der Waals surface area (Å²) in [7, 11) is 0. The first kappa shape index (κ1) is 15.0. The van der Waals surface area contributed by atoms with Crippen molar-refractivity contribution in [2.75, 3.05) is 6.54 Å². The molecule has 0 aliphatic carbocycles. The Morgan fingerprint density at radius 1 is 1.14 bits per heavy atom. The van der Waals surface area contributed by atoms with E-state index in [-0.39, 0.29) is 32.2 Å². The first-order valence-corrected chi connectivity index (χ1v) is 6.29. The molecule has 1 N–H and O–H groups in total. The van der Waals surface area contributed by atoms with Crippen molar-refractivity contribution in [3.8, 4) is 0 Å². The van der Waals surface area contributed by atoms with Gasteiger partial charge in [0.25, 0.3) is 11.8 Å². The van der Waals surface area contributed by atoms with E-state index in [9.17, 15) is 29.2 Å². The van der Waals surface area contributed by atoms with Crippen LogP contribution in [-0.2, 0) is 28.8 Å². The number of carbonyl (C=O) groups excluding carboxylic acids is 5. The predicted molar refractivity (Wildman–Crippen MR) is 62.5 cm³/mol. The summed E-state index contributed by atoms with van der Waals surface area (Å²) in [6.07, 6.45) is 1.71. The predicted octanol–water partition coefficient (Wildman–Crippen LogP) is -0.797. The number of imide groups is 2. The van der Waals surface area contributed by atoms with Crippen LogP contribution in [0.4, 0.5) is 0 Å². The molecule has 0 bridgehead atoms. The Kier molecular flexibility index (Phi) is 3.96. The van der Waals surface area contributed by atoms with Gasteiger partial charge in [0.2, 0.25) is 0 Å². The zero-order chi connectivity index (χ0) is 15.6. The number of nitrogens with zero attached hydrogens (tertiary/aromatic N) is 2. The second kappa shape index (κ2) is 5.54. The van der Waals surface area contributed by atoms with Gasteiger partial charge in [-0.15, -0.1) is 0 Å². The van der Waals surface area contributed by atoms with Gasteiger partial charge in [0.1, 0.15) is 4.81 Å². The van der Waals surface area contributed by atoms with E-state index < -0.39 is 34.4 Å². The van der Waals surface area contributed by atoms with Crippen molar-refractivity contribution in [1.29, 1.82) is 0 Å². The quantitative estimate of drug-likeness (QED) is 0.401. The Morgan fingerprint density at radius 3 is 2.19 bits per heavy atom. The minimum Gasteiger partial charge on any atom is -0.275 e. The van der Waals surface area contributed by atoms with Crippen molar-refractivity contribution in [2.45, 2.75) is 25.7 Å². The molecule has 9 nitrogen and oxygen atoms in total. The van der Waals surface area contributed by atoms with Crippen LogP contribution in [0.1, 0.15) is 25.7 Å². The summed E-state index contributed by atoms with van der Waals surface area (Å²) in [5, 5.41) is 9.66. The second-order valence-corrected chi connectivity index (χ2v) is 4.59. The van der Waals surface area contributed by atoms with E-state index in [0.717, 1.165) is 17.1 Å². The summed E-state index contributed by atoms with van der Waals surface area (Å²) in [5.74, 6) is -3.70. The van der Waals surface area contributed by atoms with Gasteiger partial charge in [-0.1, -0.05) is 0 Å². The summed E-state index contributed by atoms with van der Waals surface area (Å²) in [5.41, 5.74) is 0. The minimum absolute atomic E-state index is 0.00703. The maximum Gasteiger partial charge on any atom is 0.397 e. The van der Waals surface area contributed by atoms with Gasteiger partial charge < -0.3 is 0 Å². The van der Waals surface area contributed by atoms with E-state index in [2.05, 4.69) is 4.84 Å². The van der Waals surface area contributed by atoms with Gasteiger partial charge >= 0.3 is 17.8 Å². The van der Waals surface area contributed by atoms with E-state index in [1.807, 2.05) is 0 Å². The molecule has 2 rings (SSSR count). The standard InChI is InChI=1S/C12H13N2O7/c15-8-3-4-9(16)13(8)7-1-2-12(19)21-14(20)10(17)5-6-11(14)18/h3-4,20H,1-2,5-7H2/q+1. The number of carbonyl (C=O) groups is 5. The number of hydrogen-bond acceptors (Lipinski definition) is 7. The average molecular weight is 297 g/mol. The highest BCUT2D eigenvalue weighted by molar-refractivity contribution is 6.12. The van der Waals surface area contributed by atoms with Crippen molar-refractivity contribution in [3.05, 3.63) is 12.2 Å². The highest BCUT2D eigenvalue weighted by Crippen LogP contribution is 2.21. The third-order valence-electron chi connectivity index (χ3n) is 3.13. The molecule has 2 aliphatic heterocycles. The van der Waals surface area contributed by atoms with E-state index in [1.165, 1.54) is 0 Å². The van der Waals surface area contributed by atoms with Crippen LogP contribution >= 0.6 is 0 Å². The highest BCUT2D eigenvalue weighted by Gasteiger charge is 2.55. The zero-order valence-electron chi connectivity index (χ0n) is 11.0. The monoisotopic (exact) mass is 297 g/mol. The summed E-state index contributed by atoms with van der Waals surface area (Å²) in [6.45, 7) is 0.00703. The third-order valence-corrected chi connectivity index (χ3v) is 3.13. The average Bonchev–Trinajstić information content (AvgIpc) is 2.86. The Balaban J connectivity index is 1.81. The van der Waals surface area contributed by atoms with Crippen LogP contribution < -0.4 is 0 Å². The van der Waals surface area contributed by atoms with Gasteiger partial charge in [-0.25, -0.2) is 19.2 Å². The number of quaternary nitrogens is 1. The molecule has 0 aromatic carbocycles. The molecule has 21 heavy (non-hydrogen) atoms. The van der Waals surface area contributed by atoms with Gasteiger partial charge in [-0.3, -0.25) is 14.5 Å². The molecule has 4 amide bonds. The minimum atomic E-state index is -1.96. The van der Waals surface area contributed by atoms with Crippen LogP contribution in [0, 0.1) is 0 Å². The first-order valence-electron chi connectivity index (χ1n) is 6.29. The molecular formula is C12H13N2O7+. The third kappa shape index (κ3) is 2.88. The summed E-state index contributed by atoms with van der Waals surface area (Å²) < 4.78 is 0. The molecule has 9 heteroatoms. The van der Waals surface area contributed by atoms with Crippen LogP contribution in [0.25, 0.3) is 0 Å². The SMILES string of the molecule is O=C(CCCN1C(=O)C=CC1=O)O[N+]1(O)C(=O)CCC1=O. The van der Waals surface area contributed by atoms with Crippen LogP contribution in [0.5, 0.6) is 0 Å². The summed E-state index contributed by atoms with van der Waals surface area (Å²) >= 11 is 0. The van der Waals surface area contributed by atoms with Gasteiger partial charge in [0, 0.05) is 18.7 Å². The van der Waals surface area contributed by atoms with Crippen molar-refractivity contribution in [1.82, 2.24) is 4.90 Å². The van der Waals surface area contributed by atoms with Gasteiger partial charge in [0.15, 0.2) is 0 Å². The lowest BCUT2D eigenvalue weighted by Gasteiger charge is -2.16. The number of hydrogen-bond donors (Lipinski definition) is 1. The number of hydroxylamine groups is 4. The molecule has 0 aromatic heterocycles. The van der Waals surface area contributed by atoms with E-state index in [0.29, 0.717) is 0 Å². The molecule has 0 atom stereocenters. The molecule has 112 valence electrons. The van der Waals surface area contributed by atoms with Gasteiger partial charge in [-0.2, -0.15) is 5.21 Å². The Bertz CT molecular complexity index is 532. The van der Waals surface area contributed by atoms with Crippen LogP contribution in [-0.4, -0.2) is 51.1 Å². The summed E-state index contributed by atoms with van der Waals surface area (Å²) in [6, 6.07) is 0. The van der Waals surface area contributed by atoms with Crippen molar-refractivity contribution in [2.24, 2.45) is 0 Å². The smallest absolute Gasteiger partial charge is 0.275 e. The van der Waals surface area contributed by atoms with Crippen molar-refractivity contribution < 1.29 is 38.8 Å². The molecule has 0 unspecified atom stereocenters. The summed E-state index contributed by atoms with van der Waals surface area (Å²) in [4.78, 5) is 60.2. The molecule has 2 aliphatic rings. The lowest BCUT2D eigenvalue weighted by atomic mass is 10.3. The maximum atomic E-state index is 11.5. The normalized spacial score (nSPS) is 20.5. The van der Waals surface area contributed by atoms with E-state index in [1.54, 1.807) is 0 Å². The van der Waals surface area contributed by atoms with Gasteiger partial charge in [0.05, 0.1) is 19.3 Å².